The van der Waals surface area contributed by atoms with Gasteiger partial charge in [0.2, 0.25) is 0 Å². The molecule has 138 valence electrons. The number of esters is 1. The molecule has 1 fully saturated rings. The van der Waals surface area contributed by atoms with E-state index in [2.05, 4.69) is 0 Å². The van der Waals surface area contributed by atoms with Gasteiger partial charge in [-0.15, -0.1) is 0 Å². The van der Waals surface area contributed by atoms with Crippen LogP contribution in [0.25, 0.3) is 0 Å². The average Bonchev–Trinajstić information content (AvgIpc) is 2.53. The van der Waals surface area contributed by atoms with Crippen LogP contribution in [0.5, 0.6) is 0 Å². The summed E-state index contributed by atoms with van der Waals surface area (Å²) in [4.78, 5) is 26.5. The summed E-state index contributed by atoms with van der Waals surface area (Å²) < 4.78 is 10.7. The zero-order chi connectivity index (χ0) is 18.6. The van der Waals surface area contributed by atoms with Crippen molar-refractivity contribution in [2.75, 3.05) is 19.7 Å². The predicted octanol–water partition coefficient (Wildman–Crippen LogP) is 4.24. The lowest BCUT2D eigenvalue weighted by Gasteiger charge is -2.38. The van der Waals surface area contributed by atoms with E-state index in [4.69, 9.17) is 21.1 Å². The van der Waals surface area contributed by atoms with Gasteiger partial charge in [0.1, 0.15) is 5.60 Å². The molecule has 6 heteroatoms. The SMILES string of the molecule is CCOC(=O)[C@H]1CCN(C(=O)OC(C)(C)C)C[C@H]1c1ccccc1Cl. The number of amides is 1. The van der Waals surface area contributed by atoms with Gasteiger partial charge in [-0.1, -0.05) is 29.8 Å². The first-order valence-electron chi connectivity index (χ1n) is 8.62. The van der Waals surface area contributed by atoms with Crippen molar-refractivity contribution in [2.45, 2.75) is 45.6 Å². The maximum absolute atomic E-state index is 12.4. The van der Waals surface area contributed by atoms with Gasteiger partial charge in [0.15, 0.2) is 0 Å². The maximum Gasteiger partial charge on any atom is 0.410 e. The third-order valence-corrected chi connectivity index (χ3v) is 4.50. The van der Waals surface area contributed by atoms with Crippen molar-refractivity contribution in [3.63, 3.8) is 0 Å². The second kappa shape index (κ2) is 8.09. The molecular weight excluding hydrogens is 342 g/mol. The number of hydrogen-bond donors (Lipinski definition) is 0. The minimum absolute atomic E-state index is 0.214. The Kier molecular flexibility index (Phi) is 6.33. The highest BCUT2D eigenvalue weighted by atomic mass is 35.5. The molecule has 1 aliphatic heterocycles. The molecule has 5 nitrogen and oxygen atoms in total. The summed E-state index contributed by atoms with van der Waals surface area (Å²) in [7, 11) is 0. The van der Waals surface area contributed by atoms with Crippen molar-refractivity contribution in [1.29, 1.82) is 0 Å². The largest absolute Gasteiger partial charge is 0.466 e. The first-order chi connectivity index (χ1) is 11.7. The van der Waals surface area contributed by atoms with Crippen LogP contribution < -0.4 is 0 Å². The number of benzene rings is 1. The van der Waals surface area contributed by atoms with Crippen LogP contribution in [-0.4, -0.2) is 42.3 Å². The standard InChI is InChI=1S/C19H26ClNO4/c1-5-24-17(22)14-10-11-21(18(23)25-19(2,3)4)12-15(14)13-8-6-7-9-16(13)20/h6-9,14-15H,5,10-12H2,1-4H3/t14-,15-/m0/s1. The first-order valence-corrected chi connectivity index (χ1v) is 8.99. The Morgan fingerprint density at radius 2 is 1.96 bits per heavy atom. The van der Waals surface area contributed by atoms with Crippen molar-refractivity contribution in [1.82, 2.24) is 4.90 Å². The number of piperidine rings is 1. The van der Waals surface area contributed by atoms with E-state index in [0.717, 1.165) is 5.56 Å². The highest BCUT2D eigenvalue weighted by Crippen LogP contribution is 2.37. The van der Waals surface area contributed by atoms with Gasteiger partial charge >= 0.3 is 12.1 Å². The molecule has 1 amide bonds. The van der Waals surface area contributed by atoms with Crippen molar-refractivity contribution in [2.24, 2.45) is 5.92 Å². The molecule has 0 bridgehead atoms. The topological polar surface area (TPSA) is 55.8 Å². The molecule has 0 N–H and O–H groups in total. The molecule has 0 radical (unpaired) electrons. The average molecular weight is 368 g/mol. The molecule has 1 aliphatic rings. The lowest BCUT2D eigenvalue weighted by atomic mass is 9.80. The number of nitrogens with zero attached hydrogens (tertiary/aromatic N) is 1. The molecular formula is C19H26ClNO4. The van der Waals surface area contributed by atoms with Gasteiger partial charge in [0.05, 0.1) is 12.5 Å². The number of carbonyl (C=O) groups excluding carboxylic acids is 2. The summed E-state index contributed by atoms with van der Waals surface area (Å²) >= 11 is 6.35. The smallest absolute Gasteiger partial charge is 0.410 e. The van der Waals surface area contributed by atoms with E-state index in [0.29, 0.717) is 31.1 Å². The number of likely N-dealkylation sites (tertiary alicyclic amines) is 1. The van der Waals surface area contributed by atoms with E-state index >= 15 is 0 Å². The second-order valence-electron chi connectivity index (χ2n) is 7.20. The van der Waals surface area contributed by atoms with Crippen molar-refractivity contribution < 1.29 is 19.1 Å². The third-order valence-electron chi connectivity index (χ3n) is 4.16. The van der Waals surface area contributed by atoms with Gasteiger partial charge in [-0.25, -0.2) is 4.79 Å². The zero-order valence-electron chi connectivity index (χ0n) is 15.3. The van der Waals surface area contributed by atoms with Gasteiger partial charge in [0.25, 0.3) is 0 Å². The highest BCUT2D eigenvalue weighted by molar-refractivity contribution is 6.31. The molecule has 1 aromatic rings. The van der Waals surface area contributed by atoms with Crippen molar-refractivity contribution in [3.05, 3.63) is 34.9 Å². The van der Waals surface area contributed by atoms with E-state index in [1.54, 1.807) is 17.9 Å². The van der Waals surface area contributed by atoms with Gasteiger partial charge in [-0.3, -0.25) is 4.79 Å². The maximum atomic E-state index is 12.4. The van der Waals surface area contributed by atoms with Crippen LogP contribution >= 0.6 is 11.6 Å². The normalized spacial score (nSPS) is 20.9. The molecule has 2 rings (SSSR count). The fraction of sp³-hybridized carbons (Fsp3) is 0.579. The highest BCUT2D eigenvalue weighted by Gasteiger charge is 2.39. The fourth-order valence-corrected chi connectivity index (χ4v) is 3.34. The monoisotopic (exact) mass is 367 g/mol. The molecule has 0 saturated carbocycles. The van der Waals surface area contributed by atoms with Gasteiger partial charge in [-0.2, -0.15) is 0 Å². The first kappa shape index (κ1) is 19.6. The van der Waals surface area contributed by atoms with Crippen LogP contribution in [0.4, 0.5) is 4.79 Å². The lowest BCUT2D eigenvalue weighted by molar-refractivity contribution is -0.150. The van der Waals surface area contributed by atoms with Gasteiger partial charge < -0.3 is 14.4 Å². The van der Waals surface area contributed by atoms with E-state index in [1.807, 2.05) is 39.0 Å². The molecule has 0 aliphatic carbocycles. The van der Waals surface area contributed by atoms with Gasteiger partial charge in [0, 0.05) is 24.0 Å². The van der Waals surface area contributed by atoms with Crippen LogP contribution in [0, 0.1) is 5.92 Å². The molecule has 1 saturated heterocycles. The van der Waals surface area contributed by atoms with Crippen LogP contribution in [0.3, 0.4) is 0 Å². The quantitative estimate of drug-likeness (QED) is 0.749. The number of ether oxygens (including phenoxy) is 2. The predicted molar refractivity (Wildman–Crippen MR) is 96.7 cm³/mol. The summed E-state index contributed by atoms with van der Waals surface area (Å²) in [5.41, 5.74) is 0.296. The van der Waals surface area contributed by atoms with Crippen LogP contribution in [0.2, 0.25) is 5.02 Å². The summed E-state index contributed by atoms with van der Waals surface area (Å²) in [6.45, 7) is 8.46. The molecule has 0 spiro atoms. The molecule has 1 aromatic carbocycles. The molecule has 1 heterocycles. The lowest BCUT2D eigenvalue weighted by Crippen LogP contribution is -2.47. The number of rotatable bonds is 3. The Hall–Kier alpha value is -1.75. The Bertz CT molecular complexity index is 626. The van der Waals surface area contributed by atoms with Crippen molar-refractivity contribution >= 4 is 23.7 Å². The Balaban J connectivity index is 2.25. The van der Waals surface area contributed by atoms with Crippen LogP contribution in [-0.2, 0) is 14.3 Å². The van der Waals surface area contributed by atoms with E-state index in [1.165, 1.54) is 0 Å². The van der Waals surface area contributed by atoms with Crippen LogP contribution in [0.15, 0.2) is 24.3 Å². The van der Waals surface area contributed by atoms with Gasteiger partial charge in [-0.05, 0) is 45.7 Å². The Morgan fingerprint density at radius 3 is 2.56 bits per heavy atom. The van der Waals surface area contributed by atoms with E-state index in [9.17, 15) is 9.59 Å². The summed E-state index contributed by atoms with van der Waals surface area (Å²) in [6, 6.07) is 7.43. The number of carbonyl (C=O) groups is 2. The summed E-state index contributed by atoms with van der Waals surface area (Å²) in [5.74, 6) is -0.774. The summed E-state index contributed by atoms with van der Waals surface area (Å²) in [5, 5.41) is 0.591. The molecule has 25 heavy (non-hydrogen) atoms. The zero-order valence-corrected chi connectivity index (χ0v) is 16.0. The number of hydrogen-bond acceptors (Lipinski definition) is 4. The Morgan fingerprint density at radius 1 is 1.28 bits per heavy atom. The van der Waals surface area contributed by atoms with E-state index < -0.39 is 5.60 Å². The molecule has 0 aromatic heterocycles. The second-order valence-corrected chi connectivity index (χ2v) is 7.61. The Labute approximate surface area is 154 Å². The fourth-order valence-electron chi connectivity index (χ4n) is 3.07. The minimum Gasteiger partial charge on any atom is -0.466 e. The van der Waals surface area contributed by atoms with Crippen LogP contribution in [0.1, 0.15) is 45.6 Å². The minimum atomic E-state index is -0.561. The molecule has 2 atom stereocenters. The third kappa shape index (κ3) is 5.11. The van der Waals surface area contributed by atoms with E-state index in [-0.39, 0.29) is 23.9 Å². The van der Waals surface area contributed by atoms with Crippen molar-refractivity contribution in [3.8, 4) is 0 Å². The molecule has 0 unspecified atom stereocenters. The number of halogens is 1. The summed E-state index contributed by atoms with van der Waals surface area (Å²) in [6.07, 6.45) is 0.153.